The number of carbonyl (C=O) groups is 4. The van der Waals surface area contributed by atoms with E-state index in [9.17, 15) is 24.3 Å². The Morgan fingerprint density at radius 2 is 2.09 bits per heavy atom. The fraction of sp³-hybridized carbons (Fsp3) is 0.300. The molecule has 2 aromatic rings. The average molecular weight is 504 g/mol. The number of amides is 3. The van der Waals surface area contributed by atoms with Gasteiger partial charge in [-0.3, -0.25) is 24.4 Å². The molecule has 1 aromatic heterocycles. The van der Waals surface area contributed by atoms with Gasteiger partial charge in [0.1, 0.15) is 28.2 Å². The lowest BCUT2D eigenvalue weighted by Crippen LogP contribution is -2.71. The second-order valence-corrected chi connectivity index (χ2v) is 9.49. The van der Waals surface area contributed by atoms with Crippen molar-refractivity contribution in [3.8, 4) is 0 Å². The van der Waals surface area contributed by atoms with Crippen molar-refractivity contribution < 1.29 is 24.3 Å². The number of nitrogens with one attached hydrogen (secondary N) is 3. The quantitative estimate of drug-likeness (QED) is 0.237. The zero-order valence-electron chi connectivity index (χ0n) is 17.8. The van der Waals surface area contributed by atoms with E-state index in [0.29, 0.717) is 21.9 Å². The summed E-state index contributed by atoms with van der Waals surface area (Å²) in [5.74, 6) is -2.16. The van der Waals surface area contributed by atoms with E-state index in [0.717, 1.165) is 0 Å². The molecule has 0 spiro atoms. The highest BCUT2D eigenvalue weighted by Crippen LogP contribution is 2.41. The number of carboxylic acids is 1. The summed E-state index contributed by atoms with van der Waals surface area (Å²) in [4.78, 5) is 50.5. The zero-order valence-corrected chi connectivity index (χ0v) is 19.5. The minimum Gasteiger partial charge on any atom is -0.477 e. The molecule has 2 unspecified atom stereocenters. The lowest BCUT2D eigenvalue weighted by atomic mass is 10.0. The molecule has 0 aliphatic carbocycles. The van der Waals surface area contributed by atoms with Crippen molar-refractivity contribution >= 4 is 47.2 Å². The van der Waals surface area contributed by atoms with Crippen LogP contribution in [0.15, 0.2) is 46.6 Å². The fourth-order valence-corrected chi connectivity index (χ4v) is 6.00. The topological polar surface area (TPSA) is 183 Å². The van der Waals surface area contributed by atoms with Gasteiger partial charge in [-0.05, 0) is 11.1 Å². The summed E-state index contributed by atoms with van der Waals surface area (Å²) in [6.45, 7) is 0. The van der Waals surface area contributed by atoms with Gasteiger partial charge in [0.05, 0.1) is 0 Å². The molecule has 1 saturated heterocycles. The standard InChI is InChI=1S/C20H21N7O5S2/c1-22-16(29)12-17(25-26-24-12)33-7-10-8-34-19-13(18(30)27(19)14(10)20(31)32)23-15(28)11(21)9-5-3-2-4-6-9/h2-6,11,13,19H,7-8,21H2,1H3,(H,22,29)(H,23,28)(H,31,32)(H,24,25,26)/t11?,13?,19-/m0/s1. The van der Waals surface area contributed by atoms with E-state index in [1.54, 1.807) is 30.3 Å². The molecule has 3 atom stereocenters. The molecule has 6 N–H and O–H groups in total. The molecule has 12 nitrogen and oxygen atoms in total. The van der Waals surface area contributed by atoms with E-state index < -0.39 is 41.1 Å². The minimum absolute atomic E-state index is 0.101. The number of H-pyrrole nitrogens is 1. The van der Waals surface area contributed by atoms with Crippen molar-refractivity contribution in [3.63, 3.8) is 0 Å². The van der Waals surface area contributed by atoms with Gasteiger partial charge in [-0.2, -0.15) is 0 Å². The molecule has 3 amide bonds. The first kappa shape index (κ1) is 23.8. The third kappa shape index (κ3) is 4.38. The number of nitrogens with zero attached hydrogens (tertiary/aromatic N) is 3. The smallest absolute Gasteiger partial charge is 0.352 e. The van der Waals surface area contributed by atoms with Gasteiger partial charge in [-0.15, -0.1) is 16.9 Å². The Morgan fingerprint density at radius 1 is 1.35 bits per heavy atom. The number of hydrogen-bond donors (Lipinski definition) is 5. The predicted octanol–water partition coefficient (Wildman–Crippen LogP) is -0.305. The maximum Gasteiger partial charge on any atom is 0.352 e. The van der Waals surface area contributed by atoms with Crippen molar-refractivity contribution in [2.75, 3.05) is 18.6 Å². The second kappa shape index (κ2) is 9.87. The number of fused-ring (bicyclic) bond motifs is 1. The van der Waals surface area contributed by atoms with Crippen molar-refractivity contribution in [3.05, 3.63) is 52.9 Å². The Bertz CT molecular complexity index is 1170. The molecule has 4 rings (SSSR count). The molecule has 3 heterocycles. The molecule has 2 aliphatic heterocycles. The van der Waals surface area contributed by atoms with E-state index in [1.165, 1.54) is 35.5 Å². The number of hydrogen-bond acceptors (Lipinski definition) is 9. The van der Waals surface area contributed by atoms with Crippen LogP contribution in [0.1, 0.15) is 22.1 Å². The monoisotopic (exact) mass is 503 g/mol. The average Bonchev–Trinajstić information content (AvgIpc) is 3.33. The second-order valence-electron chi connectivity index (χ2n) is 7.40. The van der Waals surface area contributed by atoms with Crippen LogP contribution in [0.5, 0.6) is 0 Å². The molecule has 2 aliphatic rings. The molecule has 34 heavy (non-hydrogen) atoms. The Morgan fingerprint density at radius 3 is 2.76 bits per heavy atom. The molecule has 14 heteroatoms. The number of thioether (sulfide) groups is 2. The number of rotatable bonds is 8. The molecule has 0 bridgehead atoms. The van der Waals surface area contributed by atoms with E-state index in [4.69, 9.17) is 5.73 Å². The molecule has 0 saturated carbocycles. The summed E-state index contributed by atoms with van der Waals surface area (Å²) in [6, 6.07) is 6.94. The third-order valence-corrected chi connectivity index (χ3v) is 7.74. The number of carbonyl (C=O) groups excluding carboxylic acids is 3. The van der Waals surface area contributed by atoms with Crippen LogP contribution < -0.4 is 16.4 Å². The summed E-state index contributed by atoms with van der Waals surface area (Å²) in [7, 11) is 1.46. The number of aromatic nitrogens is 3. The van der Waals surface area contributed by atoms with Crippen molar-refractivity contribution in [2.24, 2.45) is 5.73 Å². The maximum atomic E-state index is 12.8. The summed E-state index contributed by atoms with van der Waals surface area (Å²) in [5, 5.41) is 24.8. The van der Waals surface area contributed by atoms with Gasteiger partial charge in [0, 0.05) is 18.6 Å². The lowest BCUT2D eigenvalue weighted by Gasteiger charge is -2.49. The van der Waals surface area contributed by atoms with Crippen LogP contribution in [0.3, 0.4) is 0 Å². The summed E-state index contributed by atoms with van der Waals surface area (Å²) >= 11 is 2.52. The van der Waals surface area contributed by atoms with Crippen molar-refractivity contribution in [1.82, 2.24) is 30.9 Å². The third-order valence-electron chi connectivity index (χ3n) is 5.34. The summed E-state index contributed by atoms with van der Waals surface area (Å²) in [6.07, 6.45) is 0. The Kier molecular flexibility index (Phi) is 6.90. The van der Waals surface area contributed by atoms with Crippen LogP contribution in [0.25, 0.3) is 0 Å². The van der Waals surface area contributed by atoms with Crippen LogP contribution in [0, 0.1) is 0 Å². The van der Waals surface area contributed by atoms with E-state index >= 15 is 0 Å². The molecular weight excluding hydrogens is 482 g/mol. The van der Waals surface area contributed by atoms with Gasteiger partial charge < -0.3 is 21.5 Å². The first-order valence-corrected chi connectivity index (χ1v) is 12.1. The molecular formula is C20H21N7O5S2. The molecule has 1 aromatic carbocycles. The van der Waals surface area contributed by atoms with Gasteiger partial charge in [0.2, 0.25) is 5.91 Å². The van der Waals surface area contributed by atoms with Crippen LogP contribution in [0.2, 0.25) is 0 Å². The lowest BCUT2D eigenvalue weighted by molar-refractivity contribution is -0.150. The highest BCUT2D eigenvalue weighted by atomic mass is 32.2. The van der Waals surface area contributed by atoms with E-state index in [1.807, 2.05) is 0 Å². The number of benzene rings is 1. The number of nitrogens with two attached hydrogens (primary N) is 1. The zero-order chi connectivity index (χ0) is 24.4. The normalized spacial score (nSPS) is 20.3. The SMILES string of the molecule is CNC(=O)c1nn[nH]c1SCC1=C(C(=O)O)N2C(=O)C(NC(=O)C(N)c3ccccc3)[C@@H]2SC1. The van der Waals surface area contributed by atoms with Gasteiger partial charge in [-0.25, -0.2) is 4.79 Å². The Hall–Kier alpha value is -3.36. The highest BCUT2D eigenvalue weighted by Gasteiger charge is 2.54. The van der Waals surface area contributed by atoms with Gasteiger partial charge >= 0.3 is 5.97 Å². The highest BCUT2D eigenvalue weighted by molar-refractivity contribution is 8.01. The fourth-order valence-electron chi connectivity index (χ4n) is 3.59. The van der Waals surface area contributed by atoms with Gasteiger partial charge in [-0.1, -0.05) is 47.3 Å². The number of aliphatic carboxylic acids is 1. The van der Waals surface area contributed by atoms with E-state index in [-0.39, 0.29) is 17.1 Å². The van der Waals surface area contributed by atoms with Crippen LogP contribution >= 0.6 is 23.5 Å². The first-order valence-electron chi connectivity index (χ1n) is 10.1. The van der Waals surface area contributed by atoms with Gasteiger partial charge in [0.25, 0.3) is 11.8 Å². The molecule has 0 radical (unpaired) electrons. The van der Waals surface area contributed by atoms with E-state index in [2.05, 4.69) is 26.0 Å². The van der Waals surface area contributed by atoms with Crippen LogP contribution in [-0.2, 0) is 14.4 Å². The van der Waals surface area contributed by atoms with Crippen molar-refractivity contribution in [1.29, 1.82) is 0 Å². The van der Waals surface area contributed by atoms with Gasteiger partial charge in [0.15, 0.2) is 5.69 Å². The van der Waals surface area contributed by atoms with Crippen molar-refractivity contribution in [2.45, 2.75) is 22.5 Å². The Balaban J connectivity index is 1.46. The number of aromatic amines is 1. The molecule has 178 valence electrons. The number of β-lactam (4-membered cyclic amide) rings is 1. The first-order chi connectivity index (χ1) is 16.3. The predicted molar refractivity (Wildman–Crippen MR) is 124 cm³/mol. The van der Waals surface area contributed by atoms with Crippen LogP contribution in [-0.4, -0.2) is 79.1 Å². The summed E-state index contributed by atoms with van der Waals surface area (Å²) < 4.78 is 0. The minimum atomic E-state index is -1.24. The molecule has 1 fully saturated rings. The Labute approximate surface area is 202 Å². The largest absolute Gasteiger partial charge is 0.477 e. The maximum absolute atomic E-state index is 12.8. The number of carboxylic acid groups (broad SMARTS) is 1. The summed E-state index contributed by atoms with van der Waals surface area (Å²) in [5.41, 5.74) is 7.11. The van der Waals surface area contributed by atoms with Crippen LogP contribution in [0.4, 0.5) is 0 Å².